The van der Waals surface area contributed by atoms with E-state index in [0.29, 0.717) is 28.6 Å². The highest BCUT2D eigenvalue weighted by Crippen LogP contribution is 2.55. The molecular formula is C21H28. The first kappa shape index (κ1) is 14.6. The van der Waals surface area contributed by atoms with Crippen molar-refractivity contribution >= 4 is 0 Å². The summed E-state index contributed by atoms with van der Waals surface area (Å²) >= 11 is 0. The van der Waals surface area contributed by atoms with E-state index in [0.717, 1.165) is 0 Å². The average Bonchev–Trinajstić information content (AvgIpc) is 3.12. The Balaban J connectivity index is 2.07. The molecule has 3 rings (SSSR count). The van der Waals surface area contributed by atoms with Gasteiger partial charge in [0, 0.05) is 17.3 Å². The molecule has 0 saturated heterocycles. The van der Waals surface area contributed by atoms with Crippen molar-refractivity contribution in [2.24, 2.45) is 28.6 Å². The summed E-state index contributed by atoms with van der Waals surface area (Å²) in [6.45, 7) is 9.63. The smallest absolute Gasteiger partial charge is 0.0169 e. The van der Waals surface area contributed by atoms with Gasteiger partial charge in [-0.2, -0.15) is 0 Å². The molecule has 0 fully saturated rings. The summed E-state index contributed by atoms with van der Waals surface area (Å²) in [5, 5.41) is 0. The van der Waals surface area contributed by atoms with E-state index >= 15 is 0 Å². The lowest BCUT2D eigenvalue weighted by atomic mass is 9.56. The first-order valence-electron chi connectivity index (χ1n) is 8.39. The van der Waals surface area contributed by atoms with Crippen molar-refractivity contribution in [1.82, 2.24) is 0 Å². The fraction of sp³-hybridized carbons (Fsp3) is 0.524. The lowest BCUT2D eigenvalue weighted by molar-refractivity contribution is 0.146. The molecule has 0 aromatic carbocycles. The molecule has 3 aliphatic carbocycles. The van der Waals surface area contributed by atoms with E-state index in [1.165, 1.54) is 12.8 Å². The van der Waals surface area contributed by atoms with Gasteiger partial charge < -0.3 is 0 Å². The highest BCUT2D eigenvalue weighted by atomic mass is 14.5. The van der Waals surface area contributed by atoms with E-state index in [1.54, 1.807) is 5.57 Å². The highest BCUT2D eigenvalue weighted by Gasteiger charge is 2.45. The van der Waals surface area contributed by atoms with Crippen molar-refractivity contribution in [2.75, 3.05) is 0 Å². The fourth-order valence-corrected chi connectivity index (χ4v) is 4.31. The lowest BCUT2D eigenvalue weighted by Gasteiger charge is -2.48. The zero-order valence-electron chi connectivity index (χ0n) is 13.8. The molecule has 0 aliphatic heterocycles. The van der Waals surface area contributed by atoms with Crippen LogP contribution in [0.2, 0.25) is 0 Å². The Morgan fingerprint density at radius 3 is 2.05 bits per heavy atom. The molecule has 0 radical (unpaired) electrons. The first-order chi connectivity index (χ1) is 9.96. The van der Waals surface area contributed by atoms with Crippen LogP contribution in [0.3, 0.4) is 0 Å². The van der Waals surface area contributed by atoms with Crippen molar-refractivity contribution < 1.29 is 0 Å². The Morgan fingerprint density at radius 1 is 0.905 bits per heavy atom. The van der Waals surface area contributed by atoms with Crippen LogP contribution in [0.4, 0.5) is 0 Å². The van der Waals surface area contributed by atoms with Gasteiger partial charge >= 0.3 is 0 Å². The monoisotopic (exact) mass is 280 g/mol. The standard InChI is InChI=1S/C21H28/c1-16(2)21(18-11-7-8-12-18)14-13-20(3,4)19(15-21)17-9-5-6-10-17/h5-12,15-18H,13-14H2,1-4H3. The third-order valence-corrected chi connectivity index (χ3v) is 5.94. The zero-order chi connectivity index (χ0) is 15.1. The first-order valence-corrected chi connectivity index (χ1v) is 8.39. The van der Waals surface area contributed by atoms with Gasteiger partial charge in [-0.05, 0) is 24.2 Å². The van der Waals surface area contributed by atoms with Crippen LogP contribution in [0.15, 0.2) is 60.3 Å². The van der Waals surface area contributed by atoms with Crippen LogP contribution in [0.5, 0.6) is 0 Å². The van der Waals surface area contributed by atoms with E-state index in [2.05, 4.69) is 82.4 Å². The molecule has 0 amide bonds. The minimum Gasteiger partial charge on any atom is -0.0767 e. The Bertz CT molecular complexity index is 527. The van der Waals surface area contributed by atoms with Gasteiger partial charge in [0.25, 0.3) is 0 Å². The zero-order valence-corrected chi connectivity index (χ0v) is 13.8. The maximum Gasteiger partial charge on any atom is 0.0169 e. The van der Waals surface area contributed by atoms with E-state index in [1.807, 2.05) is 0 Å². The topological polar surface area (TPSA) is 0 Å². The highest BCUT2D eigenvalue weighted by molar-refractivity contribution is 5.37. The Labute approximate surface area is 130 Å². The fourth-order valence-electron chi connectivity index (χ4n) is 4.31. The van der Waals surface area contributed by atoms with Gasteiger partial charge in [0.2, 0.25) is 0 Å². The molecule has 1 unspecified atom stereocenters. The summed E-state index contributed by atoms with van der Waals surface area (Å²) in [6, 6.07) is 0. The minimum atomic E-state index is 0.290. The van der Waals surface area contributed by atoms with E-state index in [9.17, 15) is 0 Å². The van der Waals surface area contributed by atoms with Crippen LogP contribution in [-0.4, -0.2) is 0 Å². The molecule has 0 heterocycles. The summed E-state index contributed by atoms with van der Waals surface area (Å²) in [5.41, 5.74) is 2.23. The number of hydrogen-bond donors (Lipinski definition) is 0. The molecule has 0 saturated carbocycles. The molecule has 0 bridgehead atoms. The Kier molecular flexibility index (Phi) is 3.59. The van der Waals surface area contributed by atoms with Crippen LogP contribution in [0, 0.1) is 28.6 Å². The maximum atomic E-state index is 2.66. The van der Waals surface area contributed by atoms with Gasteiger partial charge in [0.15, 0.2) is 0 Å². The summed E-state index contributed by atoms with van der Waals surface area (Å²) in [7, 11) is 0. The third-order valence-electron chi connectivity index (χ3n) is 5.94. The second kappa shape index (κ2) is 5.16. The van der Waals surface area contributed by atoms with Gasteiger partial charge in [-0.15, -0.1) is 0 Å². The van der Waals surface area contributed by atoms with Crippen molar-refractivity contribution in [3.63, 3.8) is 0 Å². The molecule has 0 aromatic rings. The van der Waals surface area contributed by atoms with Gasteiger partial charge in [-0.25, -0.2) is 0 Å². The lowest BCUT2D eigenvalue weighted by Crippen LogP contribution is -2.39. The molecule has 0 aromatic heterocycles. The van der Waals surface area contributed by atoms with Gasteiger partial charge in [-0.1, -0.05) is 88.0 Å². The number of rotatable bonds is 3. The minimum absolute atomic E-state index is 0.290. The Morgan fingerprint density at radius 2 is 1.48 bits per heavy atom. The molecule has 3 aliphatic rings. The largest absolute Gasteiger partial charge is 0.0767 e. The van der Waals surface area contributed by atoms with Crippen molar-refractivity contribution in [1.29, 1.82) is 0 Å². The molecule has 0 heteroatoms. The SMILES string of the molecule is CC(C)C1(C2C=CC=C2)C=C(C2C=CC=C2)C(C)(C)CC1. The average molecular weight is 280 g/mol. The number of hydrogen-bond acceptors (Lipinski definition) is 0. The summed E-state index contributed by atoms with van der Waals surface area (Å²) in [4.78, 5) is 0. The van der Waals surface area contributed by atoms with Crippen LogP contribution in [-0.2, 0) is 0 Å². The molecule has 0 N–H and O–H groups in total. The molecule has 0 nitrogen and oxygen atoms in total. The van der Waals surface area contributed by atoms with E-state index in [4.69, 9.17) is 0 Å². The van der Waals surface area contributed by atoms with Gasteiger partial charge in [0.05, 0.1) is 0 Å². The Hall–Kier alpha value is -1.30. The normalized spacial score (nSPS) is 31.6. The second-order valence-corrected chi connectivity index (χ2v) is 7.84. The molecule has 112 valence electrons. The molecule has 0 spiro atoms. The predicted octanol–water partition coefficient (Wildman–Crippen LogP) is 5.86. The summed E-state index contributed by atoms with van der Waals surface area (Å²) in [6.07, 6.45) is 23.6. The van der Waals surface area contributed by atoms with Crippen LogP contribution in [0.25, 0.3) is 0 Å². The van der Waals surface area contributed by atoms with E-state index < -0.39 is 0 Å². The summed E-state index contributed by atoms with van der Waals surface area (Å²) < 4.78 is 0. The van der Waals surface area contributed by atoms with Gasteiger partial charge in [0.1, 0.15) is 0 Å². The van der Waals surface area contributed by atoms with Crippen molar-refractivity contribution in [3.8, 4) is 0 Å². The van der Waals surface area contributed by atoms with Crippen LogP contribution < -0.4 is 0 Å². The predicted molar refractivity (Wildman–Crippen MR) is 91.9 cm³/mol. The maximum absolute atomic E-state index is 2.66. The molecular weight excluding hydrogens is 252 g/mol. The number of allylic oxidation sites excluding steroid dienone is 10. The van der Waals surface area contributed by atoms with Gasteiger partial charge in [-0.3, -0.25) is 0 Å². The summed E-state index contributed by atoms with van der Waals surface area (Å²) in [5.74, 6) is 1.74. The van der Waals surface area contributed by atoms with Crippen LogP contribution >= 0.6 is 0 Å². The van der Waals surface area contributed by atoms with E-state index in [-0.39, 0.29) is 0 Å². The van der Waals surface area contributed by atoms with Crippen LogP contribution in [0.1, 0.15) is 40.5 Å². The van der Waals surface area contributed by atoms with Crippen molar-refractivity contribution in [3.05, 3.63) is 60.3 Å². The molecule has 21 heavy (non-hydrogen) atoms. The quantitative estimate of drug-likeness (QED) is 0.568. The third kappa shape index (κ3) is 2.39. The second-order valence-electron chi connectivity index (χ2n) is 7.84. The van der Waals surface area contributed by atoms with Crippen molar-refractivity contribution in [2.45, 2.75) is 40.5 Å². The molecule has 1 atom stereocenters.